The summed E-state index contributed by atoms with van der Waals surface area (Å²) in [4.78, 5) is 22.1. The van der Waals surface area contributed by atoms with E-state index < -0.39 is 23.2 Å². The normalized spacial score (nSPS) is 12.7. The van der Waals surface area contributed by atoms with E-state index in [4.69, 9.17) is 21.1 Å². The molecule has 0 saturated carbocycles. The molecule has 0 spiro atoms. The predicted octanol–water partition coefficient (Wildman–Crippen LogP) is 2.97. The van der Waals surface area contributed by atoms with Crippen LogP contribution in [0.4, 0.5) is 10.5 Å². The van der Waals surface area contributed by atoms with E-state index in [1.54, 1.807) is 0 Å². The highest BCUT2D eigenvalue weighted by Crippen LogP contribution is 2.36. The summed E-state index contributed by atoms with van der Waals surface area (Å²) in [7, 11) is 1.26. The van der Waals surface area contributed by atoms with Gasteiger partial charge in [-0.2, -0.15) is 0 Å². The Bertz CT molecular complexity index is 848. The Labute approximate surface area is 172 Å². The lowest BCUT2D eigenvalue weighted by Gasteiger charge is -2.19. The first-order chi connectivity index (χ1) is 13.8. The van der Waals surface area contributed by atoms with Gasteiger partial charge in [0.05, 0.1) is 23.2 Å². The lowest BCUT2D eigenvalue weighted by molar-refractivity contribution is -0.385. The van der Waals surface area contributed by atoms with Crippen LogP contribution in [-0.4, -0.2) is 41.0 Å². The standard InChI is InChI=1S/C19H21ClN2O7/c1-28-17-10-14(20)13(9-15(17)22(26)27)18(24)16(23)7-8-21-19(25)29-11-12-5-3-2-4-6-12/h2-6,9-10,16,18,23-24H,7-8,11H2,1H3,(H,21,25). The van der Waals surface area contributed by atoms with E-state index >= 15 is 0 Å². The first kappa shape index (κ1) is 22.4. The van der Waals surface area contributed by atoms with Crippen molar-refractivity contribution in [3.63, 3.8) is 0 Å². The highest BCUT2D eigenvalue weighted by atomic mass is 35.5. The third kappa shape index (κ3) is 6.31. The Kier molecular flexibility index (Phi) is 8.20. The van der Waals surface area contributed by atoms with Crippen LogP contribution >= 0.6 is 11.6 Å². The fraction of sp³-hybridized carbons (Fsp3) is 0.316. The first-order valence-electron chi connectivity index (χ1n) is 8.66. The monoisotopic (exact) mass is 424 g/mol. The lowest BCUT2D eigenvalue weighted by atomic mass is 10.0. The zero-order chi connectivity index (χ0) is 21.4. The fourth-order valence-electron chi connectivity index (χ4n) is 2.55. The van der Waals surface area contributed by atoms with Gasteiger partial charge in [-0.1, -0.05) is 41.9 Å². The number of benzene rings is 2. The molecule has 0 radical (unpaired) electrons. The van der Waals surface area contributed by atoms with Crippen molar-refractivity contribution in [1.29, 1.82) is 0 Å². The smallest absolute Gasteiger partial charge is 0.407 e. The summed E-state index contributed by atoms with van der Waals surface area (Å²) in [5, 5.41) is 34.1. The van der Waals surface area contributed by atoms with Gasteiger partial charge in [0.1, 0.15) is 12.7 Å². The minimum Gasteiger partial charge on any atom is -0.490 e. The van der Waals surface area contributed by atoms with Crippen LogP contribution in [0.1, 0.15) is 23.7 Å². The van der Waals surface area contributed by atoms with Gasteiger partial charge in [-0.05, 0) is 12.0 Å². The first-order valence-corrected chi connectivity index (χ1v) is 9.03. The molecule has 2 aromatic rings. The Hall–Kier alpha value is -2.88. The van der Waals surface area contributed by atoms with Crippen molar-refractivity contribution in [3.05, 3.63) is 68.7 Å². The van der Waals surface area contributed by atoms with E-state index in [-0.39, 0.29) is 41.6 Å². The van der Waals surface area contributed by atoms with E-state index in [2.05, 4.69) is 5.32 Å². The van der Waals surface area contributed by atoms with Gasteiger partial charge in [0.15, 0.2) is 5.75 Å². The van der Waals surface area contributed by atoms with Gasteiger partial charge in [-0.3, -0.25) is 10.1 Å². The number of rotatable bonds is 9. The highest BCUT2D eigenvalue weighted by molar-refractivity contribution is 6.31. The number of methoxy groups -OCH3 is 1. The second kappa shape index (κ2) is 10.6. The van der Waals surface area contributed by atoms with E-state index in [0.717, 1.165) is 11.6 Å². The number of alkyl carbamates (subject to hydrolysis) is 1. The quantitative estimate of drug-likeness (QED) is 0.416. The zero-order valence-corrected chi connectivity index (χ0v) is 16.3. The topological polar surface area (TPSA) is 131 Å². The molecular formula is C19H21ClN2O7. The molecule has 9 nitrogen and oxygen atoms in total. The number of nitro groups is 1. The summed E-state index contributed by atoms with van der Waals surface area (Å²) in [5.74, 6) is -0.0618. The Morgan fingerprint density at radius 3 is 2.59 bits per heavy atom. The summed E-state index contributed by atoms with van der Waals surface area (Å²) in [6.45, 7) is 0.116. The number of nitro benzene ring substituents is 1. The second-order valence-electron chi connectivity index (χ2n) is 6.09. The van der Waals surface area contributed by atoms with Crippen molar-refractivity contribution in [2.45, 2.75) is 25.2 Å². The summed E-state index contributed by atoms with van der Waals surface area (Å²) < 4.78 is 9.93. The van der Waals surface area contributed by atoms with Crippen LogP contribution in [0.25, 0.3) is 0 Å². The third-order valence-electron chi connectivity index (χ3n) is 4.10. The average Bonchev–Trinajstić information content (AvgIpc) is 2.71. The van der Waals surface area contributed by atoms with E-state index in [1.807, 2.05) is 30.3 Å². The van der Waals surface area contributed by atoms with Gasteiger partial charge in [0.25, 0.3) is 0 Å². The van der Waals surface area contributed by atoms with Crippen LogP contribution in [-0.2, 0) is 11.3 Å². The number of ether oxygens (including phenoxy) is 2. The van der Waals surface area contributed by atoms with Crippen LogP contribution in [0.2, 0.25) is 5.02 Å². The third-order valence-corrected chi connectivity index (χ3v) is 4.43. The number of nitrogens with zero attached hydrogens (tertiary/aromatic N) is 1. The highest BCUT2D eigenvalue weighted by Gasteiger charge is 2.26. The van der Waals surface area contributed by atoms with Crippen LogP contribution < -0.4 is 10.1 Å². The number of amides is 1. The van der Waals surface area contributed by atoms with Gasteiger partial charge >= 0.3 is 11.8 Å². The molecule has 10 heteroatoms. The van der Waals surface area contributed by atoms with Crippen LogP contribution in [0.3, 0.4) is 0 Å². The molecule has 0 aliphatic carbocycles. The number of nitrogens with one attached hydrogen (secondary N) is 1. The van der Waals surface area contributed by atoms with E-state index in [0.29, 0.717) is 0 Å². The number of hydrogen-bond donors (Lipinski definition) is 3. The molecule has 0 aromatic heterocycles. The molecule has 29 heavy (non-hydrogen) atoms. The Morgan fingerprint density at radius 1 is 1.28 bits per heavy atom. The lowest BCUT2D eigenvalue weighted by Crippen LogP contribution is -2.29. The average molecular weight is 425 g/mol. The minimum absolute atomic E-state index is 0.00855. The second-order valence-corrected chi connectivity index (χ2v) is 6.50. The van der Waals surface area contributed by atoms with Crippen LogP contribution in [0, 0.1) is 10.1 Å². The fourth-order valence-corrected chi connectivity index (χ4v) is 2.82. The molecule has 0 heterocycles. The maximum atomic E-state index is 11.7. The minimum atomic E-state index is -1.49. The number of aliphatic hydroxyl groups is 2. The zero-order valence-electron chi connectivity index (χ0n) is 15.6. The van der Waals surface area contributed by atoms with Crippen molar-refractivity contribution in [1.82, 2.24) is 5.32 Å². The van der Waals surface area contributed by atoms with Crippen molar-refractivity contribution >= 4 is 23.4 Å². The summed E-state index contributed by atoms with van der Waals surface area (Å²) >= 11 is 6.04. The predicted molar refractivity (Wildman–Crippen MR) is 105 cm³/mol. The van der Waals surface area contributed by atoms with Crippen LogP contribution in [0.15, 0.2) is 42.5 Å². The molecule has 1 amide bonds. The van der Waals surface area contributed by atoms with Gasteiger partial charge < -0.3 is 25.0 Å². The van der Waals surface area contributed by atoms with Crippen LogP contribution in [0.5, 0.6) is 5.75 Å². The molecule has 2 rings (SSSR count). The molecule has 2 aromatic carbocycles. The number of carbonyl (C=O) groups excluding carboxylic acids is 1. The molecule has 0 aliphatic rings. The molecule has 156 valence electrons. The Balaban J connectivity index is 1.88. The molecule has 0 fully saturated rings. The number of aliphatic hydroxyl groups excluding tert-OH is 2. The Morgan fingerprint density at radius 2 is 1.97 bits per heavy atom. The SMILES string of the molecule is COc1cc(Cl)c(C(O)C(O)CCNC(=O)OCc2ccccc2)cc1[N+](=O)[O-]. The molecule has 0 aliphatic heterocycles. The number of carbonyl (C=O) groups is 1. The van der Waals surface area contributed by atoms with Gasteiger partial charge in [-0.25, -0.2) is 4.79 Å². The molecule has 0 bridgehead atoms. The van der Waals surface area contributed by atoms with E-state index in [1.165, 1.54) is 13.2 Å². The van der Waals surface area contributed by atoms with Crippen molar-refractivity contribution in [2.75, 3.05) is 13.7 Å². The summed E-state index contributed by atoms with van der Waals surface area (Å²) in [6, 6.07) is 11.4. The molecule has 2 atom stereocenters. The molecular weight excluding hydrogens is 404 g/mol. The number of halogens is 1. The molecule has 0 saturated heterocycles. The van der Waals surface area contributed by atoms with Crippen molar-refractivity contribution < 1.29 is 29.4 Å². The largest absolute Gasteiger partial charge is 0.490 e. The van der Waals surface area contributed by atoms with Gasteiger partial charge in [0.2, 0.25) is 0 Å². The summed E-state index contributed by atoms with van der Waals surface area (Å²) in [5.41, 5.74) is 0.424. The van der Waals surface area contributed by atoms with E-state index in [9.17, 15) is 25.1 Å². The molecule has 3 N–H and O–H groups in total. The molecule has 2 unspecified atom stereocenters. The van der Waals surface area contributed by atoms with Crippen molar-refractivity contribution in [2.24, 2.45) is 0 Å². The number of hydrogen-bond acceptors (Lipinski definition) is 7. The maximum Gasteiger partial charge on any atom is 0.407 e. The van der Waals surface area contributed by atoms with Gasteiger partial charge in [0, 0.05) is 24.2 Å². The van der Waals surface area contributed by atoms with Crippen molar-refractivity contribution in [3.8, 4) is 5.75 Å². The maximum absolute atomic E-state index is 11.7. The van der Waals surface area contributed by atoms with Gasteiger partial charge in [-0.15, -0.1) is 0 Å². The summed E-state index contributed by atoms with van der Waals surface area (Å²) in [6.07, 6.45) is -3.52.